The largest absolute Gasteiger partial charge is 0.493 e. The standard InChI is InChI=1S/C29H31FN4O4/c1-18-14-20-21(32-18)4-5-24(27(20)30)38-23-6-9-31-22-16-26(25(36-3)15-19(22)23)37-17-29(7-8-29)28(35)34-12-10-33(2)11-13-34/h4-6,9,14-16,32H,7-8,10-13,17H2,1-3H3. The molecule has 6 rings (SSSR count). The van der Waals surface area contributed by atoms with Gasteiger partial charge in [0.15, 0.2) is 23.1 Å². The molecule has 0 spiro atoms. The van der Waals surface area contributed by atoms with Gasteiger partial charge in [0.2, 0.25) is 5.91 Å². The van der Waals surface area contributed by atoms with Crippen LogP contribution in [0.2, 0.25) is 0 Å². The lowest BCUT2D eigenvalue weighted by atomic mass is 10.1. The van der Waals surface area contributed by atoms with Crippen molar-refractivity contribution in [2.75, 3.05) is 46.9 Å². The molecule has 1 aliphatic heterocycles. The maximum Gasteiger partial charge on any atom is 0.232 e. The Kier molecular flexibility index (Phi) is 6.10. The second kappa shape index (κ2) is 9.47. The van der Waals surface area contributed by atoms with Gasteiger partial charge in [0.1, 0.15) is 12.4 Å². The minimum absolute atomic E-state index is 0.126. The Morgan fingerprint density at radius 1 is 1.03 bits per heavy atom. The monoisotopic (exact) mass is 518 g/mol. The van der Waals surface area contributed by atoms with E-state index < -0.39 is 11.2 Å². The summed E-state index contributed by atoms with van der Waals surface area (Å²) in [7, 11) is 3.64. The molecule has 2 fully saturated rings. The Labute approximate surface area is 220 Å². The average Bonchev–Trinajstić information content (AvgIpc) is 3.62. The van der Waals surface area contributed by atoms with E-state index in [1.807, 2.05) is 11.8 Å². The quantitative estimate of drug-likeness (QED) is 0.375. The third-order valence-electron chi connectivity index (χ3n) is 7.65. The fraction of sp³-hybridized carbons (Fsp3) is 0.379. The Morgan fingerprint density at radius 2 is 1.82 bits per heavy atom. The van der Waals surface area contributed by atoms with Gasteiger partial charge in [-0.15, -0.1) is 0 Å². The molecule has 1 saturated carbocycles. The number of rotatable bonds is 7. The molecular formula is C29H31FN4O4. The lowest BCUT2D eigenvalue weighted by Gasteiger charge is -2.34. The first-order valence-corrected chi connectivity index (χ1v) is 12.9. The molecule has 2 aromatic heterocycles. The van der Waals surface area contributed by atoms with Crippen LogP contribution < -0.4 is 14.2 Å². The molecular weight excluding hydrogens is 487 g/mol. The zero-order valence-corrected chi connectivity index (χ0v) is 21.8. The number of aromatic nitrogens is 2. The Bertz CT molecular complexity index is 1520. The minimum Gasteiger partial charge on any atom is -0.493 e. The van der Waals surface area contributed by atoms with Crippen LogP contribution in [0.5, 0.6) is 23.0 Å². The molecule has 2 aliphatic rings. The third-order valence-corrected chi connectivity index (χ3v) is 7.65. The first-order valence-electron chi connectivity index (χ1n) is 12.9. The summed E-state index contributed by atoms with van der Waals surface area (Å²) in [6.45, 7) is 5.45. The Morgan fingerprint density at radius 3 is 2.55 bits per heavy atom. The van der Waals surface area contributed by atoms with Crippen molar-refractivity contribution in [2.45, 2.75) is 19.8 Å². The molecule has 0 bridgehead atoms. The van der Waals surface area contributed by atoms with Crippen LogP contribution >= 0.6 is 0 Å². The maximum absolute atomic E-state index is 15.2. The fourth-order valence-corrected chi connectivity index (χ4v) is 5.11. The van der Waals surface area contributed by atoms with E-state index in [1.54, 1.807) is 49.7 Å². The second-order valence-corrected chi connectivity index (χ2v) is 10.4. The summed E-state index contributed by atoms with van der Waals surface area (Å²) >= 11 is 0. The molecule has 1 aliphatic carbocycles. The lowest BCUT2D eigenvalue weighted by Crippen LogP contribution is -2.50. The van der Waals surface area contributed by atoms with E-state index in [1.165, 1.54) is 0 Å². The van der Waals surface area contributed by atoms with Gasteiger partial charge in [0.05, 0.1) is 18.0 Å². The molecule has 198 valence electrons. The van der Waals surface area contributed by atoms with Crippen LogP contribution in [0, 0.1) is 18.2 Å². The number of pyridine rings is 1. The van der Waals surface area contributed by atoms with E-state index in [-0.39, 0.29) is 18.3 Å². The van der Waals surface area contributed by atoms with E-state index in [4.69, 9.17) is 14.2 Å². The number of halogens is 1. The van der Waals surface area contributed by atoms with Gasteiger partial charge in [-0.05, 0) is 57.1 Å². The molecule has 0 radical (unpaired) electrons. The number of H-pyrrole nitrogens is 1. The highest BCUT2D eigenvalue weighted by Gasteiger charge is 2.52. The number of benzene rings is 2. The van der Waals surface area contributed by atoms with Crippen molar-refractivity contribution in [1.82, 2.24) is 19.8 Å². The number of hydrogen-bond acceptors (Lipinski definition) is 6. The Balaban J connectivity index is 1.24. The number of piperazine rings is 1. The summed E-state index contributed by atoms with van der Waals surface area (Å²) in [5, 5.41) is 1.14. The summed E-state index contributed by atoms with van der Waals surface area (Å²) < 4.78 is 33.0. The summed E-state index contributed by atoms with van der Waals surface area (Å²) in [5.41, 5.74) is 1.74. The molecule has 0 unspecified atom stereocenters. The van der Waals surface area contributed by atoms with Crippen LogP contribution in [0.25, 0.3) is 21.8 Å². The van der Waals surface area contributed by atoms with Gasteiger partial charge < -0.3 is 29.0 Å². The number of nitrogens with zero attached hydrogens (tertiary/aromatic N) is 3. The molecule has 4 aromatic rings. The molecule has 3 heterocycles. The number of amides is 1. The van der Waals surface area contributed by atoms with Crippen LogP contribution in [-0.4, -0.2) is 72.6 Å². The van der Waals surface area contributed by atoms with Gasteiger partial charge in [-0.25, -0.2) is 4.39 Å². The van der Waals surface area contributed by atoms with Crippen LogP contribution in [0.15, 0.2) is 42.6 Å². The van der Waals surface area contributed by atoms with E-state index in [0.29, 0.717) is 33.5 Å². The predicted octanol–water partition coefficient (Wildman–Crippen LogP) is 4.90. The van der Waals surface area contributed by atoms with Crippen molar-refractivity contribution in [3.8, 4) is 23.0 Å². The average molecular weight is 519 g/mol. The van der Waals surface area contributed by atoms with Crippen molar-refractivity contribution in [1.29, 1.82) is 0 Å². The number of ether oxygens (including phenoxy) is 3. The van der Waals surface area contributed by atoms with Crippen LogP contribution in [0.3, 0.4) is 0 Å². The molecule has 0 atom stereocenters. The molecule has 9 heteroatoms. The zero-order valence-electron chi connectivity index (χ0n) is 21.8. The second-order valence-electron chi connectivity index (χ2n) is 10.4. The topological polar surface area (TPSA) is 79.9 Å². The molecule has 2 aromatic carbocycles. The molecule has 1 N–H and O–H groups in total. The van der Waals surface area contributed by atoms with Crippen LogP contribution in [0.4, 0.5) is 4.39 Å². The number of carbonyl (C=O) groups excluding carboxylic acids is 1. The molecule has 8 nitrogen and oxygen atoms in total. The number of likely N-dealkylation sites (N-methyl/N-ethyl adjacent to an activating group) is 1. The number of fused-ring (bicyclic) bond motifs is 2. The number of methoxy groups -OCH3 is 1. The summed E-state index contributed by atoms with van der Waals surface area (Å²) in [6, 6.07) is 10.4. The predicted molar refractivity (Wildman–Crippen MR) is 143 cm³/mol. The van der Waals surface area contributed by atoms with E-state index in [9.17, 15) is 4.79 Å². The summed E-state index contributed by atoms with van der Waals surface area (Å²) in [5.74, 6) is 1.34. The van der Waals surface area contributed by atoms with Crippen LogP contribution in [0.1, 0.15) is 18.5 Å². The number of aryl methyl sites for hydroxylation is 1. The number of aromatic amines is 1. The SMILES string of the molecule is COc1cc2c(Oc3ccc4[nH]c(C)cc4c3F)ccnc2cc1OCC1(C(=O)N2CCN(C)CC2)CC1. The van der Waals surface area contributed by atoms with E-state index >= 15 is 4.39 Å². The Hall–Kier alpha value is -3.85. The fourth-order valence-electron chi connectivity index (χ4n) is 5.11. The molecule has 1 saturated heterocycles. The van der Waals surface area contributed by atoms with Crippen molar-refractivity contribution < 1.29 is 23.4 Å². The minimum atomic E-state index is -0.471. The van der Waals surface area contributed by atoms with Gasteiger partial charge in [-0.3, -0.25) is 9.78 Å². The highest BCUT2D eigenvalue weighted by Crippen LogP contribution is 2.48. The van der Waals surface area contributed by atoms with Gasteiger partial charge in [0, 0.05) is 60.4 Å². The molecule has 1 amide bonds. The maximum atomic E-state index is 15.2. The van der Waals surface area contributed by atoms with E-state index in [2.05, 4.69) is 21.9 Å². The smallest absolute Gasteiger partial charge is 0.232 e. The number of carbonyl (C=O) groups is 1. The number of hydrogen-bond donors (Lipinski definition) is 1. The molecule has 38 heavy (non-hydrogen) atoms. The highest BCUT2D eigenvalue weighted by molar-refractivity contribution is 5.89. The van der Waals surface area contributed by atoms with Crippen molar-refractivity contribution in [2.24, 2.45) is 5.41 Å². The van der Waals surface area contributed by atoms with Gasteiger partial charge >= 0.3 is 0 Å². The van der Waals surface area contributed by atoms with Crippen molar-refractivity contribution in [3.63, 3.8) is 0 Å². The number of nitrogens with one attached hydrogen (secondary N) is 1. The third kappa shape index (κ3) is 4.41. The highest BCUT2D eigenvalue weighted by atomic mass is 19.1. The van der Waals surface area contributed by atoms with Crippen LogP contribution in [-0.2, 0) is 4.79 Å². The van der Waals surface area contributed by atoms with Gasteiger partial charge in [-0.2, -0.15) is 0 Å². The zero-order chi connectivity index (χ0) is 26.4. The summed E-state index contributed by atoms with van der Waals surface area (Å²) in [4.78, 5) is 25.0. The lowest BCUT2D eigenvalue weighted by molar-refractivity contribution is -0.139. The van der Waals surface area contributed by atoms with Crippen molar-refractivity contribution in [3.05, 3.63) is 54.1 Å². The van der Waals surface area contributed by atoms with E-state index in [0.717, 1.165) is 50.2 Å². The first kappa shape index (κ1) is 24.5. The van der Waals surface area contributed by atoms with Gasteiger partial charge in [-0.1, -0.05) is 0 Å². The first-order chi connectivity index (χ1) is 18.4. The van der Waals surface area contributed by atoms with Gasteiger partial charge in [0.25, 0.3) is 0 Å². The summed E-state index contributed by atoms with van der Waals surface area (Å²) in [6.07, 6.45) is 3.26. The van der Waals surface area contributed by atoms with Crippen molar-refractivity contribution >= 4 is 27.7 Å². The normalized spacial score (nSPS) is 17.1.